The van der Waals surface area contributed by atoms with E-state index < -0.39 is 0 Å². The van der Waals surface area contributed by atoms with E-state index in [9.17, 15) is 0 Å². The van der Waals surface area contributed by atoms with Crippen LogP contribution in [0.2, 0.25) is 0 Å². The van der Waals surface area contributed by atoms with Gasteiger partial charge >= 0.3 is 0 Å². The number of aromatic nitrogens is 3. The van der Waals surface area contributed by atoms with Crippen LogP contribution in [0.5, 0.6) is 0 Å². The minimum atomic E-state index is -0.0549. The third kappa shape index (κ3) is 2.45. The van der Waals surface area contributed by atoms with Crippen molar-refractivity contribution in [2.75, 3.05) is 13.1 Å². The van der Waals surface area contributed by atoms with E-state index in [0.717, 1.165) is 48.8 Å². The molecule has 1 atom stereocenters. The zero-order valence-electron chi connectivity index (χ0n) is 12.2. The molecule has 1 unspecified atom stereocenters. The monoisotopic (exact) mass is 272 g/mol. The molecule has 2 aromatic heterocycles. The Morgan fingerprint density at radius 2 is 1.95 bits per heavy atom. The minimum Gasteiger partial charge on any atom is -0.338 e. The second kappa shape index (κ2) is 4.98. The van der Waals surface area contributed by atoms with Crippen molar-refractivity contribution in [3.63, 3.8) is 0 Å². The molecule has 3 heterocycles. The Morgan fingerprint density at radius 3 is 2.60 bits per heavy atom. The molecule has 2 aromatic rings. The van der Waals surface area contributed by atoms with E-state index in [1.54, 1.807) is 0 Å². The summed E-state index contributed by atoms with van der Waals surface area (Å²) >= 11 is 0. The molecule has 0 amide bonds. The first-order valence-electron chi connectivity index (χ1n) is 7.07. The summed E-state index contributed by atoms with van der Waals surface area (Å²) in [6.07, 6.45) is 2.22. The summed E-state index contributed by atoms with van der Waals surface area (Å²) in [5.41, 5.74) is 2.85. The number of piperidine rings is 1. The lowest BCUT2D eigenvalue weighted by Crippen LogP contribution is -2.41. The predicted octanol–water partition coefficient (Wildman–Crippen LogP) is 2.39. The van der Waals surface area contributed by atoms with Gasteiger partial charge in [0.05, 0.1) is 5.41 Å². The Kier molecular flexibility index (Phi) is 3.30. The standard InChI is InChI=1S/C15H20N4O/c1-10-7-12(8-11(2)17-10)13-18-14(20-19-13)15(3)5-4-6-16-9-15/h7-8,16H,4-6,9H2,1-3H3. The van der Waals surface area contributed by atoms with Crippen molar-refractivity contribution in [2.24, 2.45) is 0 Å². The average molecular weight is 272 g/mol. The van der Waals surface area contributed by atoms with Gasteiger partial charge in [-0.25, -0.2) is 0 Å². The van der Waals surface area contributed by atoms with Gasteiger partial charge in [-0.3, -0.25) is 4.98 Å². The molecule has 3 rings (SSSR count). The summed E-state index contributed by atoms with van der Waals surface area (Å²) < 4.78 is 5.52. The van der Waals surface area contributed by atoms with Gasteiger partial charge in [-0.1, -0.05) is 5.16 Å². The van der Waals surface area contributed by atoms with Crippen LogP contribution in [0.25, 0.3) is 11.4 Å². The van der Waals surface area contributed by atoms with Crippen molar-refractivity contribution >= 4 is 0 Å². The van der Waals surface area contributed by atoms with E-state index in [2.05, 4.69) is 27.4 Å². The summed E-state index contributed by atoms with van der Waals surface area (Å²) in [6.45, 7) is 8.09. The van der Waals surface area contributed by atoms with Gasteiger partial charge in [-0.05, 0) is 52.3 Å². The van der Waals surface area contributed by atoms with Crippen LogP contribution in [-0.2, 0) is 5.41 Å². The molecule has 20 heavy (non-hydrogen) atoms. The van der Waals surface area contributed by atoms with Crippen LogP contribution in [0, 0.1) is 13.8 Å². The number of nitrogens with one attached hydrogen (secondary N) is 1. The van der Waals surface area contributed by atoms with Crippen molar-refractivity contribution in [2.45, 2.75) is 39.0 Å². The Balaban J connectivity index is 1.93. The van der Waals surface area contributed by atoms with E-state index >= 15 is 0 Å². The summed E-state index contributed by atoms with van der Waals surface area (Å²) in [7, 11) is 0. The molecule has 0 aromatic carbocycles. The first-order chi connectivity index (χ1) is 9.57. The third-order valence-corrected chi connectivity index (χ3v) is 3.88. The quantitative estimate of drug-likeness (QED) is 0.909. The molecule has 0 bridgehead atoms. The normalized spacial score (nSPS) is 22.9. The molecule has 5 heteroatoms. The summed E-state index contributed by atoms with van der Waals surface area (Å²) in [5.74, 6) is 1.38. The van der Waals surface area contributed by atoms with Crippen LogP contribution in [-0.4, -0.2) is 28.2 Å². The molecular weight excluding hydrogens is 252 g/mol. The van der Waals surface area contributed by atoms with Crippen LogP contribution >= 0.6 is 0 Å². The average Bonchev–Trinajstić information content (AvgIpc) is 2.89. The lowest BCUT2D eigenvalue weighted by molar-refractivity contribution is 0.245. The predicted molar refractivity (Wildman–Crippen MR) is 76.5 cm³/mol. The van der Waals surface area contributed by atoms with Crippen LogP contribution in [0.3, 0.4) is 0 Å². The first kappa shape index (κ1) is 13.2. The molecule has 1 aliphatic heterocycles. The number of rotatable bonds is 2. The van der Waals surface area contributed by atoms with Crippen LogP contribution in [0.1, 0.15) is 37.0 Å². The molecule has 1 N–H and O–H groups in total. The summed E-state index contributed by atoms with van der Waals surface area (Å²) in [5, 5.41) is 7.55. The third-order valence-electron chi connectivity index (χ3n) is 3.88. The van der Waals surface area contributed by atoms with Gasteiger partial charge in [-0.15, -0.1) is 0 Å². The molecule has 1 saturated heterocycles. The molecule has 0 spiro atoms. The maximum Gasteiger partial charge on any atom is 0.234 e. The minimum absolute atomic E-state index is 0.0549. The number of nitrogens with zero attached hydrogens (tertiary/aromatic N) is 3. The first-order valence-corrected chi connectivity index (χ1v) is 7.07. The highest BCUT2D eigenvalue weighted by Crippen LogP contribution is 2.30. The zero-order chi connectivity index (χ0) is 14.2. The molecule has 5 nitrogen and oxygen atoms in total. The van der Waals surface area contributed by atoms with E-state index in [1.807, 2.05) is 26.0 Å². The summed E-state index contributed by atoms with van der Waals surface area (Å²) in [6, 6.07) is 3.98. The Morgan fingerprint density at radius 1 is 1.20 bits per heavy atom. The Bertz CT molecular complexity index is 594. The van der Waals surface area contributed by atoms with Gasteiger partial charge in [0.25, 0.3) is 0 Å². The fourth-order valence-corrected chi connectivity index (χ4v) is 2.79. The fourth-order valence-electron chi connectivity index (χ4n) is 2.79. The molecule has 0 aliphatic carbocycles. The van der Waals surface area contributed by atoms with E-state index in [0.29, 0.717) is 5.82 Å². The molecular formula is C15H20N4O. The van der Waals surface area contributed by atoms with Gasteiger partial charge in [0.15, 0.2) is 0 Å². The number of hydrogen-bond donors (Lipinski definition) is 1. The van der Waals surface area contributed by atoms with Crippen LogP contribution in [0.15, 0.2) is 16.7 Å². The van der Waals surface area contributed by atoms with E-state index in [-0.39, 0.29) is 5.41 Å². The van der Waals surface area contributed by atoms with Gasteiger partial charge in [0.1, 0.15) is 0 Å². The molecule has 0 saturated carbocycles. The van der Waals surface area contributed by atoms with E-state index in [4.69, 9.17) is 4.52 Å². The van der Waals surface area contributed by atoms with Gasteiger partial charge in [-0.2, -0.15) is 4.98 Å². The van der Waals surface area contributed by atoms with Gasteiger partial charge < -0.3 is 9.84 Å². The highest BCUT2D eigenvalue weighted by atomic mass is 16.5. The van der Waals surface area contributed by atoms with Crippen molar-refractivity contribution in [1.82, 2.24) is 20.4 Å². The van der Waals surface area contributed by atoms with Crippen molar-refractivity contribution < 1.29 is 4.52 Å². The highest BCUT2D eigenvalue weighted by Gasteiger charge is 2.34. The van der Waals surface area contributed by atoms with Crippen molar-refractivity contribution in [3.8, 4) is 11.4 Å². The maximum absolute atomic E-state index is 5.52. The van der Waals surface area contributed by atoms with Crippen molar-refractivity contribution in [3.05, 3.63) is 29.4 Å². The Hall–Kier alpha value is -1.75. The molecule has 1 aliphatic rings. The second-order valence-electron chi connectivity index (χ2n) is 5.90. The van der Waals surface area contributed by atoms with Crippen molar-refractivity contribution in [1.29, 1.82) is 0 Å². The zero-order valence-corrected chi connectivity index (χ0v) is 12.2. The Labute approximate surface area is 118 Å². The number of pyridine rings is 1. The van der Waals surface area contributed by atoms with E-state index in [1.165, 1.54) is 0 Å². The van der Waals surface area contributed by atoms with Crippen LogP contribution in [0.4, 0.5) is 0 Å². The van der Waals surface area contributed by atoms with Gasteiger partial charge in [0, 0.05) is 23.5 Å². The second-order valence-corrected chi connectivity index (χ2v) is 5.90. The highest BCUT2D eigenvalue weighted by molar-refractivity contribution is 5.55. The lowest BCUT2D eigenvalue weighted by Gasteiger charge is -2.30. The number of hydrogen-bond acceptors (Lipinski definition) is 5. The van der Waals surface area contributed by atoms with Crippen LogP contribution < -0.4 is 5.32 Å². The SMILES string of the molecule is Cc1cc(-c2noc(C3(C)CCCNC3)n2)cc(C)n1. The maximum atomic E-state index is 5.52. The smallest absolute Gasteiger partial charge is 0.234 e. The molecule has 1 fully saturated rings. The van der Waals surface area contributed by atoms with Gasteiger partial charge in [0.2, 0.25) is 11.7 Å². The summed E-state index contributed by atoms with van der Waals surface area (Å²) in [4.78, 5) is 8.99. The largest absolute Gasteiger partial charge is 0.338 e. The number of aryl methyl sites for hydroxylation is 2. The lowest BCUT2D eigenvalue weighted by atomic mass is 9.83. The topological polar surface area (TPSA) is 63.8 Å². The molecule has 106 valence electrons. The molecule has 0 radical (unpaired) electrons. The fraction of sp³-hybridized carbons (Fsp3) is 0.533.